The summed E-state index contributed by atoms with van der Waals surface area (Å²) >= 11 is 3.42. The van der Waals surface area contributed by atoms with E-state index in [1.54, 1.807) is 25.1 Å². The molecule has 0 spiro atoms. The lowest BCUT2D eigenvalue weighted by Gasteiger charge is -2.15. The smallest absolute Gasteiger partial charge is 0.168 e. The Morgan fingerprint density at radius 3 is 2.71 bits per heavy atom. The van der Waals surface area contributed by atoms with Gasteiger partial charge in [0.05, 0.1) is 0 Å². The molecule has 2 rings (SSSR count). The van der Waals surface area contributed by atoms with Crippen LogP contribution in [0, 0.1) is 12.7 Å². The minimum Gasteiger partial charge on any atom is -0.454 e. The molecule has 0 radical (unpaired) electrons. The van der Waals surface area contributed by atoms with Crippen LogP contribution in [0.5, 0.6) is 11.5 Å². The first-order chi connectivity index (χ1) is 10.0. The monoisotopic (exact) mass is 351 g/mol. The van der Waals surface area contributed by atoms with Gasteiger partial charge in [0.25, 0.3) is 0 Å². The molecule has 112 valence electrons. The molecule has 0 saturated heterocycles. The number of benzene rings is 2. The molecule has 0 saturated carbocycles. The van der Waals surface area contributed by atoms with E-state index in [0.29, 0.717) is 17.7 Å². The minimum absolute atomic E-state index is 0.0656. The molecule has 0 aliphatic heterocycles. The van der Waals surface area contributed by atoms with Crippen LogP contribution in [0.25, 0.3) is 0 Å². The summed E-state index contributed by atoms with van der Waals surface area (Å²) in [6, 6.07) is 10.9. The Balaban J connectivity index is 2.34. The molecule has 21 heavy (non-hydrogen) atoms. The lowest BCUT2D eigenvalue weighted by molar-refractivity contribution is 0.433. The van der Waals surface area contributed by atoms with Gasteiger partial charge in [0, 0.05) is 10.5 Å². The van der Waals surface area contributed by atoms with Crippen molar-refractivity contribution in [3.63, 3.8) is 0 Å². The molecule has 0 amide bonds. The molecule has 2 nitrogen and oxygen atoms in total. The summed E-state index contributed by atoms with van der Waals surface area (Å²) in [6.45, 7) is 3.77. The van der Waals surface area contributed by atoms with Gasteiger partial charge in [-0.05, 0) is 49.1 Å². The van der Waals surface area contributed by atoms with Gasteiger partial charge in [-0.1, -0.05) is 41.1 Å². The molecule has 2 aromatic rings. The average molecular weight is 352 g/mol. The Morgan fingerprint density at radius 1 is 1.24 bits per heavy atom. The molecule has 0 heterocycles. The molecule has 0 aliphatic rings. The number of rotatable bonds is 5. The Hall–Kier alpha value is -1.39. The normalized spacial score (nSPS) is 12.2. The van der Waals surface area contributed by atoms with Gasteiger partial charge in [0.15, 0.2) is 11.6 Å². The average Bonchev–Trinajstić information content (AvgIpc) is 2.46. The standard InChI is InChI=1S/C17H19BrFNO/c1-3-14(20)9-12-7-8-13(18)10-16(12)21-15-6-4-5-11(2)17(15)19/h4-8,10,14H,3,9,20H2,1-2H3. The molecule has 2 aromatic carbocycles. The van der Waals surface area contributed by atoms with E-state index >= 15 is 0 Å². The highest BCUT2D eigenvalue weighted by Gasteiger charge is 2.12. The molecule has 0 fully saturated rings. The van der Waals surface area contributed by atoms with Crippen molar-refractivity contribution in [1.82, 2.24) is 0 Å². The SMILES string of the molecule is CCC(N)Cc1ccc(Br)cc1Oc1cccc(C)c1F. The molecule has 4 heteroatoms. The highest BCUT2D eigenvalue weighted by molar-refractivity contribution is 9.10. The third kappa shape index (κ3) is 4.05. The topological polar surface area (TPSA) is 35.2 Å². The van der Waals surface area contributed by atoms with Gasteiger partial charge in [0.1, 0.15) is 5.75 Å². The van der Waals surface area contributed by atoms with Crippen LogP contribution in [0.4, 0.5) is 4.39 Å². The largest absolute Gasteiger partial charge is 0.454 e. The summed E-state index contributed by atoms with van der Waals surface area (Å²) in [5, 5.41) is 0. The van der Waals surface area contributed by atoms with E-state index in [-0.39, 0.29) is 17.6 Å². The lowest BCUT2D eigenvalue weighted by Crippen LogP contribution is -2.21. The van der Waals surface area contributed by atoms with Crippen LogP contribution >= 0.6 is 15.9 Å². The number of halogens is 2. The molecule has 1 unspecified atom stereocenters. The van der Waals surface area contributed by atoms with E-state index < -0.39 is 0 Å². The van der Waals surface area contributed by atoms with Gasteiger partial charge in [-0.3, -0.25) is 0 Å². The van der Waals surface area contributed by atoms with Crippen LogP contribution in [0.2, 0.25) is 0 Å². The van der Waals surface area contributed by atoms with Crippen molar-refractivity contribution >= 4 is 15.9 Å². The van der Waals surface area contributed by atoms with Crippen LogP contribution in [0.15, 0.2) is 40.9 Å². The fourth-order valence-electron chi connectivity index (χ4n) is 2.04. The summed E-state index contributed by atoms with van der Waals surface area (Å²) in [5.74, 6) is 0.542. The van der Waals surface area contributed by atoms with Crippen LogP contribution in [-0.2, 0) is 6.42 Å². The second kappa shape index (κ2) is 7.05. The molecule has 0 aliphatic carbocycles. The Kier molecular flexibility index (Phi) is 5.37. The van der Waals surface area contributed by atoms with E-state index in [0.717, 1.165) is 16.5 Å². The number of hydrogen-bond donors (Lipinski definition) is 1. The number of hydrogen-bond acceptors (Lipinski definition) is 2. The van der Waals surface area contributed by atoms with Crippen molar-refractivity contribution in [3.8, 4) is 11.5 Å². The van der Waals surface area contributed by atoms with Crippen molar-refractivity contribution < 1.29 is 9.13 Å². The molecular formula is C17H19BrFNO. The van der Waals surface area contributed by atoms with Crippen molar-refractivity contribution in [2.45, 2.75) is 32.7 Å². The number of nitrogens with two attached hydrogens (primary N) is 1. The zero-order chi connectivity index (χ0) is 15.4. The quantitative estimate of drug-likeness (QED) is 0.825. The maximum Gasteiger partial charge on any atom is 0.168 e. The predicted octanol–water partition coefficient (Wildman–Crippen LogP) is 4.97. The fraction of sp³-hybridized carbons (Fsp3) is 0.294. The zero-order valence-electron chi connectivity index (χ0n) is 12.2. The highest BCUT2D eigenvalue weighted by atomic mass is 79.9. The Morgan fingerprint density at radius 2 is 2.00 bits per heavy atom. The molecule has 0 bridgehead atoms. The first-order valence-electron chi connectivity index (χ1n) is 6.98. The van der Waals surface area contributed by atoms with Crippen LogP contribution in [0.1, 0.15) is 24.5 Å². The van der Waals surface area contributed by atoms with Crippen molar-refractivity contribution in [2.24, 2.45) is 5.73 Å². The first kappa shape index (κ1) is 16.0. The van der Waals surface area contributed by atoms with Gasteiger partial charge in [-0.15, -0.1) is 0 Å². The third-order valence-corrected chi connectivity index (χ3v) is 3.91. The van der Waals surface area contributed by atoms with E-state index in [2.05, 4.69) is 15.9 Å². The maximum absolute atomic E-state index is 14.1. The maximum atomic E-state index is 14.1. The van der Waals surface area contributed by atoms with Gasteiger partial charge in [-0.2, -0.15) is 0 Å². The third-order valence-electron chi connectivity index (χ3n) is 3.41. The van der Waals surface area contributed by atoms with Crippen molar-refractivity contribution in [2.75, 3.05) is 0 Å². The van der Waals surface area contributed by atoms with Gasteiger partial charge >= 0.3 is 0 Å². The second-order valence-electron chi connectivity index (χ2n) is 5.11. The minimum atomic E-state index is -0.330. The fourth-order valence-corrected chi connectivity index (χ4v) is 2.38. The number of ether oxygens (including phenoxy) is 1. The summed E-state index contributed by atoms with van der Waals surface area (Å²) in [6.07, 6.45) is 1.58. The summed E-state index contributed by atoms with van der Waals surface area (Å²) in [7, 11) is 0. The van der Waals surface area contributed by atoms with E-state index in [1.165, 1.54) is 0 Å². The predicted molar refractivity (Wildman–Crippen MR) is 87.3 cm³/mol. The summed E-state index contributed by atoms with van der Waals surface area (Å²) in [5.41, 5.74) is 7.56. The Labute approximate surface area is 133 Å². The lowest BCUT2D eigenvalue weighted by atomic mass is 10.0. The van der Waals surface area contributed by atoms with E-state index in [9.17, 15) is 4.39 Å². The van der Waals surface area contributed by atoms with Crippen LogP contribution < -0.4 is 10.5 Å². The van der Waals surface area contributed by atoms with Gasteiger partial charge in [-0.25, -0.2) is 4.39 Å². The number of aryl methyl sites for hydroxylation is 1. The molecule has 0 aromatic heterocycles. The van der Waals surface area contributed by atoms with Crippen molar-refractivity contribution in [3.05, 3.63) is 57.8 Å². The molecule has 2 N–H and O–H groups in total. The second-order valence-corrected chi connectivity index (χ2v) is 6.03. The van der Waals surface area contributed by atoms with E-state index in [1.807, 2.05) is 25.1 Å². The van der Waals surface area contributed by atoms with Gasteiger partial charge < -0.3 is 10.5 Å². The first-order valence-corrected chi connectivity index (χ1v) is 7.77. The Bertz CT molecular complexity index is 630. The molecule has 1 atom stereocenters. The van der Waals surface area contributed by atoms with Crippen LogP contribution in [-0.4, -0.2) is 6.04 Å². The van der Waals surface area contributed by atoms with Crippen molar-refractivity contribution in [1.29, 1.82) is 0 Å². The zero-order valence-corrected chi connectivity index (χ0v) is 13.8. The molecular weight excluding hydrogens is 333 g/mol. The van der Waals surface area contributed by atoms with Gasteiger partial charge in [0.2, 0.25) is 0 Å². The highest BCUT2D eigenvalue weighted by Crippen LogP contribution is 2.31. The van der Waals surface area contributed by atoms with E-state index in [4.69, 9.17) is 10.5 Å². The summed E-state index contributed by atoms with van der Waals surface area (Å²) < 4.78 is 20.8. The van der Waals surface area contributed by atoms with Crippen LogP contribution in [0.3, 0.4) is 0 Å². The summed E-state index contributed by atoms with van der Waals surface area (Å²) in [4.78, 5) is 0.